The predicted octanol–water partition coefficient (Wildman–Crippen LogP) is 4.28. The fourth-order valence-electron chi connectivity index (χ4n) is 3.35. The summed E-state index contributed by atoms with van der Waals surface area (Å²) in [5.74, 6) is 1.35. The van der Waals surface area contributed by atoms with E-state index in [0.29, 0.717) is 29.8 Å². The Balaban J connectivity index is 1.30. The zero-order valence-corrected chi connectivity index (χ0v) is 20.7. The molecule has 0 aliphatic rings. The van der Waals surface area contributed by atoms with Gasteiger partial charge in [0.25, 0.3) is 0 Å². The minimum Gasteiger partial charge on any atom is -0.493 e. The van der Waals surface area contributed by atoms with Crippen molar-refractivity contribution in [3.8, 4) is 17.2 Å². The van der Waals surface area contributed by atoms with Gasteiger partial charge in [0.2, 0.25) is 11.1 Å². The van der Waals surface area contributed by atoms with E-state index in [1.54, 1.807) is 11.8 Å². The second-order valence-electron chi connectivity index (χ2n) is 7.97. The molecule has 0 saturated heterocycles. The third kappa shape index (κ3) is 6.39. The molecule has 1 amide bonds. The molecule has 0 aliphatic heterocycles. The molecule has 4 aromatic rings. The maximum absolute atomic E-state index is 12.5. The number of tetrazole rings is 1. The van der Waals surface area contributed by atoms with Gasteiger partial charge in [0, 0.05) is 6.54 Å². The molecule has 0 atom stereocenters. The van der Waals surface area contributed by atoms with Crippen LogP contribution in [-0.2, 0) is 17.9 Å². The number of rotatable bonds is 10. The van der Waals surface area contributed by atoms with E-state index < -0.39 is 0 Å². The van der Waals surface area contributed by atoms with Gasteiger partial charge in [0.15, 0.2) is 11.5 Å². The lowest BCUT2D eigenvalue weighted by molar-refractivity contribution is -0.118. The fourth-order valence-corrected chi connectivity index (χ4v) is 4.07. The van der Waals surface area contributed by atoms with Gasteiger partial charge in [-0.2, -0.15) is 4.68 Å². The molecule has 35 heavy (non-hydrogen) atoms. The van der Waals surface area contributed by atoms with Crippen LogP contribution >= 0.6 is 11.8 Å². The number of hydrogen-bond acceptors (Lipinski definition) is 7. The number of ether oxygens (including phenoxy) is 2. The van der Waals surface area contributed by atoms with Crippen molar-refractivity contribution in [3.63, 3.8) is 0 Å². The molecule has 0 saturated carbocycles. The van der Waals surface area contributed by atoms with Crippen LogP contribution < -0.4 is 14.8 Å². The molecule has 8 nitrogen and oxygen atoms in total. The SMILES string of the molecule is COc1cc(CNC(=O)CSc2nnnn2-c2ccc(C)c(C)c2)ccc1OCc1ccccc1. The van der Waals surface area contributed by atoms with E-state index in [-0.39, 0.29) is 11.7 Å². The van der Waals surface area contributed by atoms with Crippen molar-refractivity contribution in [2.75, 3.05) is 12.9 Å². The largest absolute Gasteiger partial charge is 0.493 e. The Morgan fingerprint density at radius 3 is 2.57 bits per heavy atom. The van der Waals surface area contributed by atoms with Crippen LogP contribution in [0.25, 0.3) is 5.69 Å². The first-order chi connectivity index (χ1) is 17.0. The molecule has 0 radical (unpaired) electrons. The summed E-state index contributed by atoms with van der Waals surface area (Å²) in [7, 11) is 1.60. The van der Waals surface area contributed by atoms with Crippen molar-refractivity contribution in [1.82, 2.24) is 25.5 Å². The Kier molecular flexibility index (Phi) is 7.99. The number of nitrogens with one attached hydrogen (secondary N) is 1. The number of aryl methyl sites for hydroxylation is 2. The number of carbonyl (C=O) groups is 1. The highest BCUT2D eigenvalue weighted by Crippen LogP contribution is 2.29. The molecular weight excluding hydrogens is 462 g/mol. The molecule has 0 fully saturated rings. The van der Waals surface area contributed by atoms with Crippen LogP contribution in [0.2, 0.25) is 0 Å². The maximum Gasteiger partial charge on any atom is 0.230 e. The van der Waals surface area contributed by atoms with Gasteiger partial charge in [-0.3, -0.25) is 4.79 Å². The molecule has 0 unspecified atom stereocenters. The third-order valence-corrected chi connectivity index (χ3v) is 6.38. The zero-order valence-electron chi connectivity index (χ0n) is 19.9. The monoisotopic (exact) mass is 489 g/mol. The van der Waals surface area contributed by atoms with Crippen molar-refractivity contribution < 1.29 is 14.3 Å². The van der Waals surface area contributed by atoms with Gasteiger partial charge >= 0.3 is 0 Å². The number of amides is 1. The number of aromatic nitrogens is 4. The number of thioether (sulfide) groups is 1. The van der Waals surface area contributed by atoms with E-state index >= 15 is 0 Å². The van der Waals surface area contributed by atoms with Gasteiger partial charge in [0.1, 0.15) is 6.61 Å². The van der Waals surface area contributed by atoms with Crippen molar-refractivity contribution in [2.45, 2.75) is 32.2 Å². The van der Waals surface area contributed by atoms with Crippen LogP contribution in [0.4, 0.5) is 0 Å². The second-order valence-corrected chi connectivity index (χ2v) is 8.91. The molecule has 1 aromatic heterocycles. The van der Waals surface area contributed by atoms with E-state index in [0.717, 1.165) is 22.4 Å². The molecule has 1 heterocycles. The van der Waals surface area contributed by atoms with Crippen LogP contribution in [0.5, 0.6) is 11.5 Å². The minimum absolute atomic E-state index is 0.118. The topological polar surface area (TPSA) is 91.2 Å². The molecule has 4 rings (SSSR count). The number of carbonyl (C=O) groups excluding carboxylic acids is 1. The zero-order chi connectivity index (χ0) is 24.6. The molecule has 1 N–H and O–H groups in total. The highest BCUT2D eigenvalue weighted by Gasteiger charge is 2.13. The number of hydrogen-bond donors (Lipinski definition) is 1. The Morgan fingerprint density at radius 1 is 0.971 bits per heavy atom. The summed E-state index contributed by atoms with van der Waals surface area (Å²) < 4.78 is 13.0. The predicted molar refractivity (Wildman–Crippen MR) is 135 cm³/mol. The Labute approximate surface area is 208 Å². The van der Waals surface area contributed by atoms with Crippen LogP contribution in [0.3, 0.4) is 0 Å². The number of nitrogens with zero attached hydrogens (tertiary/aromatic N) is 4. The minimum atomic E-state index is -0.118. The van der Waals surface area contributed by atoms with Crippen LogP contribution in [0.15, 0.2) is 71.9 Å². The lowest BCUT2D eigenvalue weighted by atomic mass is 10.1. The van der Waals surface area contributed by atoms with Gasteiger partial charge in [-0.1, -0.05) is 54.2 Å². The number of benzene rings is 3. The van der Waals surface area contributed by atoms with Crippen LogP contribution in [-0.4, -0.2) is 39.0 Å². The summed E-state index contributed by atoms with van der Waals surface area (Å²) in [6.45, 7) is 4.92. The number of methoxy groups -OCH3 is 1. The summed E-state index contributed by atoms with van der Waals surface area (Å²) in [5, 5.41) is 15.4. The first-order valence-corrected chi connectivity index (χ1v) is 12.1. The summed E-state index contributed by atoms with van der Waals surface area (Å²) >= 11 is 1.29. The molecular formula is C26H27N5O3S. The van der Waals surface area contributed by atoms with Gasteiger partial charge in [-0.05, 0) is 70.8 Å². The average Bonchev–Trinajstić information content (AvgIpc) is 3.36. The quantitative estimate of drug-likeness (QED) is 0.333. The average molecular weight is 490 g/mol. The first-order valence-electron chi connectivity index (χ1n) is 11.1. The third-order valence-electron chi connectivity index (χ3n) is 5.46. The summed E-state index contributed by atoms with van der Waals surface area (Å²) in [5.41, 5.74) is 5.20. The fraction of sp³-hybridized carbons (Fsp3) is 0.231. The van der Waals surface area contributed by atoms with E-state index in [9.17, 15) is 4.79 Å². The van der Waals surface area contributed by atoms with Gasteiger partial charge in [-0.25, -0.2) is 0 Å². The highest BCUT2D eigenvalue weighted by atomic mass is 32.2. The van der Waals surface area contributed by atoms with Crippen molar-refractivity contribution in [3.05, 3.63) is 89.0 Å². The smallest absolute Gasteiger partial charge is 0.230 e. The highest BCUT2D eigenvalue weighted by molar-refractivity contribution is 7.99. The van der Waals surface area contributed by atoms with E-state index in [1.807, 2.05) is 73.7 Å². The van der Waals surface area contributed by atoms with Gasteiger partial charge in [-0.15, -0.1) is 5.10 Å². The summed E-state index contributed by atoms with van der Waals surface area (Å²) in [6.07, 6.45) is 0. The molecule has 9 heteroatoms. The lowest BCUT2D eigenvalue weighted by Crippen LogP contribution is -2.24. The summed E-state index contributed by atoms with van der Waals surface area (Å²) in [6, 6.07) is 21.6. The Morgan fingerprint density at radius 2 is 1.80 bits per heavy atom. The summed E-state index contributed by atoms with van der Waals surface area (Å²) in [4.78, 5) is 12.5. The van der Waals surface area contributed by atoms with Crippen LogP contribution in [0, 0.1) is 13.8 Å². The molecule has 0 aliphatic carbocycles. The van der Waals surface area contributed by atoms with Crippen molar-refractivity contribution in [1.29, 1.82) is 0 Å². The molecule has 180 valence electrons. The molecule has 0 bridgehead atoms. The maximum atomic E-state index is 12.5. The second kappa shape index (κ2) is 11.5. The van der Waals surface area contributed by atoms with Crippen molar-refractivity contribution in [2.24, 2.45) is 0 Å². The van der Waals surface area contributed by atoms with Crippen LogP contribution in [0.1, 0.15) is 22.3 Å². The van der Waals surface area contributed by atoms with Crippen molar-refractivity contribution >= 4 is 17.7 Å². The van der Waals surface area contributed by atoms with Gasteiger partial charge < -0.3 is 14.8 Å². The van der Waals surface area contributed by atoms with E-state index in [1.165, 1.54) is 17.3 Å². The van der Waals surface area contributed by atoms with Gasteiger partial charge in [0.05, 0.1) is 18.6 Å². The first kappa shape index (κ1) is 24.3. The Bertz CT molecular complexity index is 1290. The molecule has 3 aromatic carbocycles. The molecule has 0 spiro atoms. The van der Waals surface area contributed by atoms with E-state index in [4.69, 9.17) is 9.47 Å². The normalized spacial score (nSPS) is 10.7. The standard InChI is InChI=1S/C26H27N5O3S/c1-18-9-11-22(13-19(18)2)31-26(28-29-30-31)35-17-25(32)27-15-21-10-12-23(24(14-21)33-3)34-16-20-7-5-4-6-8-20/h4-14H,15-17H2,1-3H3,(H,27,32). The Hall–Kier alpha value is -3.85. The van der Waals surface area contributed by atoms with E-state index in [2.05, 4.69) is 27.8 Å². The lowest BCUT2D eigenvalue weighted by Gasteiger charge is -2.13.